The molecule has 1 N–H and O–H groups in total. The molecule has 108 valence electrons. The largest absolute Gasteiger partial charge is 0.343 e. The predicted octanol–water partition coefficient (Wildman–Crippen LogP) is 1.70. The van der Waals surface area contributed by atoms with Crippen LogP contribution in [0.15, 0.2) is 24.3 Å². The van der Waals surface area contributed by atoms with E-state index in [9.17, 15) is 14.9 Å². The van der Waals surface area contributed by atoms with Crippen LogP contribution in [-0.4, -0.2) is 34.9 Å². The molecule has 20 heavy (non-hydrogen) atoms. The molecule has 0 aromatic heterocycles. The van der Waals surface area contributed by atoms with Crippen molar-refractivity contribution in [3.05, 3.63) is 39.9 Å². The zero-order valence-electron chi connectivity index (χ0n) is 11.5. The van der Waals surface area contributed by atoms with Crippen molar-refractivity contribution in [1.82, 2.24) is 10.2 Å². The summed E-state index contributed by atoms with van der Waals surface area (Å²) in [5.41, 5.74) is 1.03. The van der Waals surface area contributed by atoms with Gasteiger partial charge in [-0.1, -0.05) is 12.1 Å². The minimum atomic E-state index is -0.380. The molecule has 0 atom stereocenters. The number of carbonyl (C=O) groups is 1. The number of benzene rings is 1. The van der Waals surface area contributed by atoms with Crippen LogP contribution in [0.2, 0.25) is 0 Å². The lowest BCUT2D eigenvalue weighted by Crippen LogP contribution is -2.43. The van der Waals surface area contributed by atoms with Crippen molar-refractivity contribution < 1.29 is 9.72 Å². The number of nitro benzene ring substituents is 1. The second kappa shape index (κ2) is 6.47. The van der Waals surface area contributed by atoms with Crippen molar-refractivity contribution in [2.24, 2.45) is 0 Å². The average Bonchev–Trinajstić information content (AvgIpc) is 2.46. The molecule has 2 rings (SSSR count). The molecule has 0 radical (unpaired) electrons. The van der Waals surface area contributed by atoms with E-state index < -0.39 is 0 Å². The van der Waals surface area contributed by atoms with Gasteiger partial charge in [-0.2, -0.15) is 0 Å². The molecule has 6 nitrogen and oxygen atoms in total. The molecular formula is C14H19N3O3. The number of nitro groups is 1. The van der Waals surface area contributed by atoms with Crippen molar-refractivity contribution in [2.45, 2.75) is 32.4 Å². The van der Waals surface area contributed by atoms with Crippen LogP contribution in [0.25, 0.3) is 0 Å². The quantitative estimate of drug-likeness (QED) is 0.671. The Hall–Kier alpha value is -1.95. The second-order valence-electron chi connectivity index (χ2n) is 5.09. The highest BCUT2D eigenvalue weighted by Crippen LogP contribution is 2.15. The van der Waals surface area contributed by atoms with Crippen LogP contribution in [0.3, 0.4) is 0 Å². The van der Waals surface area contributed by atoms with Crippen molar-refractivity contribution >= 4 is 11.6 Å². The molecule has 0 unspecified atom stereocenters. The maximum Gasteiger partial charge on any atom is 0.269 e. The molecule has 6 heteroatoms. The highest BCUT2D eigenvalue weighted by atomic mass is 16.6. The Labute approximate surface area is 117 Å². The standard InChI is InChI=1S/C14H19N3O3/c1-11(18)16-7-5-13(6-8-16)15-10-12-3-2-4-14(9-12)17(19)20/h2-4,9,13,15H,5-8,10H2,1H3. The van der Waals surface area contributed by atoms with Gasteiger partial charge in [0.1, 0.15) is 0 Å². The topological polar surface area (TPSA) is 75.5 Å². The number of hydrogen-bond acceptors (Lipinski definition) is 4. The summed E-state index contributed by atoms with van der Waals surface area (Å²) >= 11 is 0. The predicted molar refractivity (Wildman–Crippen MR) is 75.2 cm³/mol. The molecule has 0 aliphatic carbocycles. The molecule has 0 spiro atoms. The fourth-order valence-electron chi connectivity index (χ4n) is 2.44. The van der Waals surface area contributed by atoms with Crippen molar-refractivity contribution in [3.8, 4) is 0 Å². The third-order valence-corrected chi connectivity index (χ3v) is 3.66. The minimum absolute atomic E-state index is 0.121. The summed E-state index contributed by atoms with van der Waals surface area (Å²) in [5.74, 6) is 0.127. The van der Waals surface area contributed by atoms with Gasteiger partial charge in [0.15, 0.2) is 0 Å². The number of non-ortho nitro benzene ring substituents is 1. The Morgan fingerprint density at radius 2 is 2.15 bits per heavy atom. The van der Waals surface area contributed by atoms with E-state index in [1.807, 2.05) is 11.0 Å². The number of rotatable bonds is 4. The third-order valence-electron chi connectivity index (χ3n) is 3.66. The van der Waals surface area contributed by atoms with Crippen LogP contribution >= 0.6 is 0 Å². The summed E-state index contributed by atoms with van der Waals surface area (Å²) < 4.78 is 0. The molecule has 0 bridgehead atoms. The molecule has 1 aliphatic rings. The van der Waals surface area contributed by atoms with Crippen molar-refractivity contribution in [1.29, 1.82) is 0 Å². The first-order chi connectivity index (χ1) is 9.56. The Balaban J connectivity index is 1.83. The number of hydrogen-bond donors (Lipinski definition) is 1. The lowest BCUT2D eigenvalue weighted by Gasteiger charge is -2.31. The normalized spacial score (nSPS) is 16.1. The summed E-state index contributed by atoms with van der Waals surface area (Å²) in [4.78, 5) is 23.4. The van der Waals surface area contributed by atoms with E-state index in [0.717, 1.165) is 31.5 Å². The van der Waals surface area contributed by atoms with Gasteiger partial charge in [-0.05, 0) is 18.4 Å². The maximum absolute atomic E-state index is 11.2. The zero-order chi connectivity index (χ0) is 14.5. The summed E-state index contributed by atoms with van der Waals surface area (Å²) in [6.45, 7) is 3.77. The highest BCUT2D eigenvalue weighted by molar-refractivity contribution is 5.73. The Bertz CT molecular complexity index is 496. The smallest absolute Gasteiger partial charge is 0.269 e. The fourth-order valence-corrected chi connectivity index (χ4v) is 2.44. The van der Waals surface area contributed by atoms with Gasteiger partial charge in [-0.15, -0.1) is 0 Å². The van der Waals surface area contributed by atoms with Gasteiger partial charge in [-0.25, -0.2) is 0 Å². The zero-order valence-corrected chi connectivity index (χ0v) is 11.5. The van der Waals surface area contributed by atoms with Crippen LogP contribution in [-0.2, 0) is 11.3 Å². The number of likely N-dealkylation sites (tertiary alicyclic amines) is 1. The van der Waals surface area contributed by atoms with E-state index in [4.69, 9.17) is 0 Å². The van der Waals surface area contributed by atoms with Crippen molar-refractivity contribution in [2.75, 3.05) is 13.1 Å². The first kappa shape index (κ1) is 14.5. The molecule has 0 saturated carbocycles. The Kier molecular flexibility index (Phi) is 4.68. The number of piperidine rings is 1. The molecule has 1 aromatic carbocycles. The SMILES string of the molecule is CC(=O)N1CCC(NCc2cccc([N+](=O)[O-])c2)CC1. The van der Waals surface area contributed by atoms with Crippen LogP contribution in [0.1, 0.15) is 25.3 Å². The number of amides is 1. The highest BCUT2D eigenvalue weighted by Gasteiger charge is 2.20. The minimum Gasteiger partial charge on any atom is -0.343 e. The summed E-state index contributed by atoms with van der Waals surface area (Å²) in [5, 5.41) is 14.1. The van der Waals surface area contributed by atoms with E-state index in [-0.39, 0.29) is 16.5 Å². The first-order valence-corrected chi connectivity index (χ1v) is 6.78. The molecule has 1 saturated heterocycles. The molecule has 1 fully saturated rings. The van der Waals surface area contributed by atoms with E-state index in [0.29, 0.717) is 12.6 Å². The van der Waals surface area contributed by atoms with Gasteiger partial charge in [0.25, 0.3) is 5.69 Å². The summed E-state index contributed by atoms with van der Waals surface area (Å²) in [6.07, 6.45) is 1.85. The molecule has 1 heterocycles. The van der Waals surface area contributed by atoms with E-state index in [1.165, 1.54) is 6.07 Å². The molecule has 1 aromatic rings. The first-order valence-electron chi connectivity index (χ1n) is 6.78. The number of nitrogens with zero attached hydrogens (tertiary/aromatic N) is 2. The fraction of sp³-hybridized carbons (Fsp3) is 0.500. The summed E-state index contributed by atoms with van der Waals surface area (Å²) in [7, 11) is 0. The van der Waals surface area contributed by atoms with Crippen molar-refractivity contribution in [3.63, 3.8) is 0 Å². The number of nitrogens with one attached hydrogen (secondary N) is 1. The van der Waals surface area contributed by atoms with Crippen LogP contribution < -0.4 is 5.32 Å². The summed E-state index contributed by atoms with van der Waals surface area (Å²) in [6, 6.07) is 7.04. The molecular weight excluding hydrogens is 258 g/mol. The van der Waals surface area contributed by atoms with Gasteiger partial charge in [0.05, 0.1) is 4.92 Å². The van der Waals surface area contributed by atoms with Gasteiger partial charge < -0.3 is 10.2 Å². The van der Waals surface area contributed by atoms with Gasteiger partial charge in [-0.3, -0.25) is 14.9 Å². The van der Waals surface area contributed by atoms with Gasteiger partial charge in [0, 0.05) is 44.7 Å². The van der Waals surface area contributed by atoms with Gasteiger partial charge in [0.2, 0.25) is 5.91 Å². The van der Waals surface area contributed by atoms with Gasteiger partial charge >= 0.3 is 0 Å². The lowest BCUT2D eigenvalue weighted by atomic mass is 10.0. The Morgan fingerprint density at radius 3 is 2.75 bits per heavy atom. The van der Waals surface area contributed by atoms with Crippen LogP contribution in [0, 0.1) is 10.1 Å². The molecule has 1 amide bonds. The van der Waals surface area contributed by atoms with Crippen LogP contribution in [0.4, 0.5) is 5.69 Å². The second-order valence-corrected chi connectivity index (χ2v) is 5.09. The lowest BCUT2D eigenvalue weighted by molar-refractivity contribution is -0.384. The maximum atomic E-state index is 11.2. The van der Waals surface area contributed by atoms with E-state index in [1.54, 1.807) is 19.1 Å². The molecule has 1 aliphatic heterocycles. The van der Waals surface area contributed by atoms with Crippen LogP contribution in [0.5, 0.6) is 0 Å². The average molecular weight is 277 g/mol. The van der Waals surface area contributed by atoms with E-state index in [2.05, 4.69) is 5.32 Å². The monoisotopic (exact) mass is 277 g/mol. The Morgan fingerprint density at radius 1 is 1.45 bits per heavy atom. The van der Waals surface area contributed by atoms with E-state index >= 15 is 0 Å². The third kappa shape index (κ3) is 3.77. The number of carbonyl (C=O) groups excluding carboxylic acids is 1.